The molecule has 0 aromatic heterocycles. The zero-order valence-electron chi connectivity index (χ0n) is 22.6. The maximum Gasteiger partial charge on any atom is 0.414 e. The molecule has 2 aromatic rings. The average molecular weight is 512 g/mol. The van der Waals surface area contributed by atoms with Crippen LogP contribution in [0.1, 0.15) is 76.0 Å². The van der Waals surface area contributed by atoms with Crippen molar-refractivity contribution >= 4 is 23.7 Å². The minimum Gasteiger partial charge on any atom is -0.446 e. The van der Waals surface area contributed by atoms with Crippen LogP contribution in [0.5, 0.6) is 0 Å². The van der Waals surface area contributed by atoms with E-state index in [1.807, 2.05) is 64.1 Å². The quantitative estimate of drug-likeness (QED) is 0.351. The first-order valence-corrected chi connectivity index (χ1v) is 13.1. The molecule has 7 heteroatoms. The summed E-state index contributed by atoms with van der Waals surface area (Å²) < 4.78 is 33.7. The van der Waals surface area contributed by atoms with E-state index < -0.39 is 24.0 Å². The number of nitriles is 1. The Morgan fingerprint density at radius 2 is 2.00 bits per heavy atom. The summed E-state index contributed by atoms with van der Waals surface area (Å²) in [6.45, 7) is 7.85. The van der Waals surface area contributed by atoms with Crippen molar-refractivity contribution in [1.29, 1.82) is 5.26 Å². The van der Waals surface area contributed by atoms with Crippen molar-refractivity contribution in [2.75, 3.05) is 11.9 Å². The van der Waals surface area contributed by atoms with E-state index in [-0.39, 0.29) is 19.3 Å². The number of amides is 1. The zero-order chi connectivity index (χ0) is 27.4. The number of carbonyl (C=O) groups excluding carboxylic acids is 1. The molecule has 200 valence electrons. The molecule has 1 aliphatic carbocycles. The average Bonchev–Trinajstić information content (AvgIpc) is 2.90. The first-order valence-electron chi connectivity index (χ1n) is 13.1. The largest absolute Gasteiger partial charge is 0.446 e. The molecule has 0 spiro atoms. The van der Waals surface area contributed by atoms with E-state index in [0.717, 1.165) is 41.8 Å². The fourth-order valence-corrected chi connectivity index (χ4v) is 4.52. The SMILES string of the molecule is CC=Nc1ccc(C#N)cc1C.CCCC[C@@H]1CC(OC(=O)N(C)c2ccccc2CC)CCC1(F)F. The summed E-state index contributed by atoms with van der Waals surface area (Å²) in [5.41, 5.74) is 4.50. The van der Waals surface area contributed by atoms with Crippen molar-refractivity contribution in [3.63, 3.8) is 0 Å². The molecule has 0 radical (unpaired) electrons. The summed E-state index contributed by atoms with van der Waals surface area (Å²) in [6.07, 6.45) is 4.11. The summed E-state index contributed by atoms with van der Waals surface area (Å²) in [6, 6.07) is 15.2. The smallest absolute Gasteiger partial charge is 0.414 e. The van der Waals surface area contributed by atoms with Gasteiger partial charge < -0.3 is 4.74 Å². The van der Waals surface area contributed by atoms with Crippen molar-refractivity contribution < 1.29 is 18.3 Å². The lowest BCUT2D eigenvalue weighted by atomic mass is 9.81. The Hall–Kier alpha value is -3.27. The van der Waals surface area contributed by atoms with Crippen molar-refractivity contribution in [3.05, 3.63) is 59.2 Å². The molecule has 1 fully saturated rings. The predicted molar refractivity (Wildman–Crippen MR) is 146 cm³/mol. The number of halogens is 2. The van der Waals surface area contributed by atoms with Gasteiger partial charge in [-0.15, -0.1) is 0 Å². The standard InChI is InChI=1S/C20H29F2NO2.C10H10N2/c1-4-6-10-16-14-17(12-13-20(16,21)22)25-19(24)23(3)18-11-8-7-9-15(18)5-2;1-3-12-10-5-4-9(7-11)6-8(10)2/h7-9,11,16-17H,4-6,10,12-14H2,1-3H3;3-6H,1-2H3/t16-,17?;/m1./s1. The van der Waals surface area contributed by atoms with E-state index in [1.165, 1.54) is 4.90 Å². The molecule has 0 aliphatic heterocycles. The number of rotatable bonds is 7. The lowest BCUT2D eigenvalue weighted by Crippen LogP contribution is -2.41. The summed E-state index contributed by atoms with van der Waals surface area (Å²) in [5, 5.41) is 8.59. The Morgan fingerprint density at radius 1 is 1.27 bits per heavy atom. The highest BCUT2D eigenvalue weighted by molar-refractivity contribution is 5.88. The Labute approximate surface area is 220 Å². The molecule has 1 amide bonds. The number of ether oxygens (including phenoxy) is 1. The van der Waals surface area contributed by atoms with Crippen molar-refractivity contribution in [3.8, 4) is 6.07 Å². The summed E-state index contributed by atoms with van der Waals surface area (Å²) in [4.78, 5) is 18.1. The fraction of sp³-hybridized carbons (Fsp3) is 0.500. The van der Waals surface area contributed by atoms with E-state index in [1.54, 1.807) is 19.3 Å². The van der Waals surface area contributed by atoms with Gasteiger partial charge >= 0.3 is 6.09 Å². The summed E-state index contributed by atoms with van der Waals surface area (Å²) in [7, 11) is 1.67. The number of hydrogen-bond donors (Lipinski definition) is 0. The van der Waals surface area contributed by atoms with Crippen LogP contribution in [0, 0.1) is 24.2 Å². The Balaban J connectivity index is 0.000000335. The number of alkyl halides is 2. The van der Waals surface area contributed by atoms with Gasteiger partial charge in [0.1, 0.15) is 6.10 Å². The fourth-order valence-electron chi connectivity index (χ4n) is 4.52. The number of nitrogens with zero attached hydrogens (tertiary/aromatic N) is 3. The molecule has 2 atom stereocenters. The number of unbranched alkanes of at least 4 members (excludes halogenated alkanes) is 1. The number of anilines is 1. The maximum atomic E-state index is 14.1. The number of aliphatic imine (C=N–C) groups is 1. The first kappa shape index (κ1) is 30.0. The van der Waals surface area contributed by atoms with Crippen LogP contribution in [-0.2, 0) is 11.2 Å². The van der Waals surface area contributed by atoms with Crippen LogP contribution in [0.15, 0.2) is 47.5 Å². The third kappa shape index (κ3) is 8.66. The van der Waals surface area contributed by atoms with Crippen LogP contribution >= 0.6 is 0 Å². The van der Waals surface area contributed by atoms with Crippen LogP contribution in [0.3, 0.4) is 0 Å². The monoisotopic (exact) mass is 511 g/mol. The number of benzene rings is 2. The highest BCUT2D eigenvalue weighted by atomic mass is 19.3. The van der Waals surface area contributed by atoms with Gasteiger partial charge in [-0.2, -0.15) is 5.26 Å². The molecule has 37 heavy (non-hydrogen) atoms. The molecule has 0 heterocycles. The van der Waals surface area contributed by atoms with Gasteiger partial charge in [0.25, 0.3) is 5.92 Å². The number of hydrogen-bond acceptors (Lipinski definition) is 4. The minimum atomic E-state index is -2.64. The second-order valence-electron chi connectivity index (χ2n) is 9.42. The van der Waals surface area contributed by atoms with Crippen molar-refractivity contribution in [2.45, 2.75) is 84.7 Å². The first-order chi connectivity index (χ1) is 17.7. The van der Waals surface area contributed by atoms with Gasteiger partial charge in [-0.1, -0.05) is 44.9 Å². The van der Waals surface area contributed by atoms with Crippen LogP contribution in [0.25, 0.3) is 0 Å². The van der Waals surface area contributed by atoms with Crippen molar-refractivity contribution in [2.24, 2.45) is 10.9 Å². The molecule has 2 aromatic carbocycles. The molecule has 1 saturated carbocycles. The van der Waals surface area contributed by atoms with Gasteiger partial charge in [-0.3, -0.25) is 9.89 Å². The highest BCUT2D eigenvalue weighted by Crippen LogP contribution is 2.42. The second kappa shape index (κ2) is 14.5. The summed E-state index contributed by atoms with van der Waals surface area (Å²) in [5.74, 6) is -3.33. The van der Waals surface area contributed by atoms with E-state index in [9.17, 15) is 13.6 Å². The lowest BCUT2D eigenvalue weighted by Gasteiger charge is -2.36. The van der Waals surface area contributed by atoms with Gasteiger partial charge in [0.15, 0.2) is 0 Å². The van der Waals surface area contributed by atoms with Gasteiger partial charge in [-0.25, -0.2) is 13.6 Å². The third-order valence-electron chi connectivity index (χ3n) is 6.72. The van der Waals surface area contributed by atoms with Crippen LogP contribution in [0.2, 0.25) is 0 Å². The summed E-state index contributed by atoms with van der Waals surface area (Å²) >= 11 is 0. The molecule has 1 unspecified atom stereocenters. The second-order valence-corrected chi connectivity index (χ2v) is 9.42. The van der Waals surface area contributed by atoms with E-state index >= 15 is 0 Å². The predicted octanol–water partition coefficient (Wildman–Crippen LogP) is 8.40. The molecule has 5 nitrogen and oxygen atoms in total. The lowest BCUT2D eigenvalue weighted by molar-refractivity contribution is -0.115. The van der Waals surface area contributed by atoms with Crippen molar-refractivity contribution in [1.82, 2.24) is 0 Å². The molecule has 1 aliphatic rings. The molecule has 0 bridgehead atoms. The van der Waals surface area contributed by atoms with Crippen LogP contribution in [0.4, 0.5) is 25.0 Å². The Bertz CT molecular complexity index is 1090. The maximum absolute atomic E-state index is 14.1. The topological polar surface area (TPSA) is 65.7 Å². The highest BCUT2D eigenvalue weighted by Gasteiger charge is 2.45. The van der Waals surface area contributed by atoms with E-state index in [0.29, 0.717) is 12.0 Å². The third-order valence-corrected chi connectivity index (χ3v) is 6.72. The van der Waals surface area contributed by atoms with Crippen LogP contribution < -0.4 is 4.90 Å². The number of carbonyl (C=O) groups is 1. The number of para-hydroxylation sites is 1. The molecule has 0 N–H and O–H groups in total. The van der Waals surface area contributed by atoms with Crippen LogP contribution in [-0.4, -0.2) is 31.4 Å². The van der Waals surface area contributed by atoms with Gasteiger partial charge in [0.2, 0.25) is 0 Å². The molecular weight excluding hydrogens is 472 g/mol. The number of aryl methyl sites for hydroxylation is 2. The van der Waals surface area contributed by atoms with Gasteiger partial charge in [0, 0.05) is 31.3 Å². The van der Waals surface area contributed by atoms with Gasteiger partial charge in [-0.05, 0) is 74.9 Å². The molecule has 3 rings (SSSR count). The van der Waals surface area contributed by atoms with E-state index in [2.05, 4.69) is 11.1 Å². The molecular formula is C30H39F2N3O2. The van der Waals surface area contributed by atoms with E-state index in [4.69, 9.17) is 10.00 Å². The minimum absolute atomic E-state index is 0.200. The molecule has 0 saturated heterocycles. The Kier molecular flexibility index (Phi) is 11.7. The zero-order valence-corrected chi connectivity index (χ0v) is 22.6. The van der Waals surface area contributed by atoms with Gasteiger partial charge in [0.05, 0.1) is 17.3 Å². The normalized spacial score (nSPS) is 18.4. The Morgan fingerprint density at radius 3 is 2.62 bits per heavy atom.